The van der Waals surface area contributed by atoms with Crippen LogP contribution in [0.1, 0.15) is 45.7 Å². The molecule has 34 heavy (non-hydrogen) atoms. The molecule has 4 heterocycles. The summed E-state index contributed by atoms with van der Waals surface area (Å²) in [6, 6.07) is 5.61. The first-order chi connectivity index (χ1) is 16.1. The van der Waals surface area contributed by atoms with Crippen molar-refractivity contribution in [3.63, 3.8) is 0 Å². The minimum Gasteiger partial charge on any atom is -0.475 e. The van der Waals surface area contributed by atoms with Gasteiger partial charge in [0.15, 0.2) is 5.76 Å². The third-order valence-corrected chi connectivity index (χ3v) is 5.27. The van der Waals surface area contributed by atoms with Crippen LogP contribution in [0.4, 0.5) is 13.2 Å². The molecule has 3 aromatic heterocycles. The van der Waals surface area contributed by atoms with Crippen LogP contribution in [0.5, 0.6) is 0 Å². The lowest BCUT2D eigenvalue weighted by Gasteiger charge is -2.34. The lowest BCUT2D eigenvalue weighted by molar-refractivity contribution is -0.192. The Kier molecular flexibility index (Phi) is 7.76. The van der Waals surface area contributed by atoms with Gasteiger partial charge in [-0.1, -0.05) is 5.16 Å². The van der Waals surface area contributed by atoms with Gasteiger partial charge in [0.25, 0.3) is 5.91 Å². The molecule has 4 rings (SSSR count). The lowest BCUT2D eigenvalue weighted by atomic mass is 10.1. The van der Waals surface area contributed by atoms with E-state index in [0.29, 0.717) is 12.3 Å². The van der Waals surface area contributed by atoms with Gasteiger partial charge in [0.05, 0.1) is 23.7 Å². The summed E-state index contributed by atoms with van der Waals surface area (Å²) in [5, 5.41) is 18.6. The molecule has 3 aromatic rings. The van der Waals surface area contributed by atoms with E-state index in [1.54, 1.807) is 12.1 Å². The summed E-state index contributed by atoms with van der Waals surface area (Å²) in [5.74, 6) is -1.75. The third kappa shape index (κ3) is 6.25. The number of hydrogen-bond donors (Lipinski definition) is 2. The summed E-state index contributed by atoms with van der Waals surface area (Å²) in [6.07, 6.45) is -0.957. The van der Waals surface area contributed by atoms with Crippen molar-refractivity contribution in [3.05, 3.63) is 59.1 Å². The fourth-order valence-electron chi connectivity index (χ4n) is 3.60. The molecule has 10 nitrogen and oxygen atoms in total. The number of fused-ring (bicyclic) bond motifs is 1. The van der Waals surface area contributed by atoms with E-state index in [1.165, 1.54) is 12.0 Å². The van der Waals surface area contributed by atoms with Crippen molar-refractivity contribution >= 4 is 11.9 Å². The summed E-state index contributed by atoms with van der Waals surface area (Å²) in [6.45, 7) is 6.96. The number of nitrogens with one attached hydrogen (secondary N) is 1. The largest absolute Gasteiger partial charge is 0.490 e. The Labute approximate surface area is 192 Å². The van der Waals surface area contributed by atoms with E-state index in [9.17, 15) is 18.0 Å². The number of carbonyl (C=O) groups excluding carboxylic acids is 1. The van der Waals surface area contributed by atoms with Crippen LogP contribution in [0.25, 0.3) is 0 Å². The SMILES string of the molecule is Cc1noc(C)c1CN1Cc2ccnn2C(CCNC(=O)c2ccco2)C1.O=C(O)C(F)(F)F. The van der Waals surface area contributed by atoms with E-state index in [-0.39, 0.29) is 11.9 Å². The van der Waals surface area contributed by atoms with Crippen molar-refractivity contribution in [2.75, 3.05) is 13.1 Å². The molecule has 0 aromatic carbocycles. The Morgan fingerprint density at radius 1 is 1.29 bits per heavy atom. The monoisotopic (exact) mass is 483 g/mol. The zero-order valence-electron chi connectivity index (χ0n) is 18.5. The van der Waals surface area contributed by atoms with Gasteiger partial charge in [-0.05, 0) is 38.5 Å². The molecule has 0 fully saturated rings. The second-order valence-electron chi connectivity index (χ2n) is 7.72. The molecular formula is C21H24F3N5O5. The van der Waals surface area contributed by atoms with Crippen molar-refractivity contribution in [1.29, 1.82) is 0 Å². The molecule has 0 bridgehead atoms. The van der Waals surface area contributed by atoms with E-state index in [1.807, 2.05) is 26.1 Å². The Morgan fingerprint density at radius 2 is 2.03 bits per heavy atom. The number of aromatic nitrogens is 3. The maximum Gasteiger partial charge on any atom is 0.490 e. The van der Waals surface area contributed by atoms with Gasteiger partial charge < -0.3 is 19.4 Å². The average molecular weight is 483 g/mol. The number of aryl methyl sites for hydroxylation is 2. The van der Waals surface area contributed by atoms with Gasteiger partial charge in [0.2, 0.25) is 0 Å². The molecule has 1 unspecified atom stereocenters. The van der Waals surface area contributed by atoms with Crippen molar-refractivity contribution in [1.82, 2.24) is 25.2 Å². The highest BCUT2D eigenvalue weighted by Crippen LogP contribution is 2.25. The van der Waals surface area contributed by atoms with Gasteiger partial charge in [0, 0.05) is 37.9 Å². The summed E-state index contributed by atoms with van der Waals surface area (Å²) >= 11 is 0. The quantitative estimate of drug-likeness (QED) is 0.548. The van der Waals surface area contributed by atoms with Gasteiger partial charge in [-0.2, -0.15) is 18.3 Å². The van der Waals surface area contributed by atoms with Gasteiger partial charge in [-0.3, -0.25) is 14.4 Å². The molecule has 13 heteroatoms. The fourth-order valence-corrected chi connectivity index (χ4v) is 3.60. The molecule has 1 aliphatic rings. The van der Waals surface area contributed by atoms with Crippen LogP contribution in [0, 0.1) is 13.8 Å². The number of furan rings is 1. The number of amides is 1. The van der Waals surface area contributed by atoms with Crippen molar-refractivity contribution in [2.45, 2.75) is 45.6 Å². The maximum atomic E-state index is 12.0. The second kappa shape index (κ2) is 10.5. The molecular weight excluding hydrogens is 459 g/mol. The number of hydrogen-bond acceptors (Lipinski definition) is 7. The second-order valence-corrected chi connectivity index (χ2v) is 7.72. The van der Waals surface area contributed by atoms with Crippen LogP contribution in [0.15, 0.2) is 39.6 Å². The highest BCUT2D eigenvalue weighted by molar-refractivity contribution is 5.91. The van der Waals surface area contributed by atoms with Crippen molar-refractivity contribution in [3.8, 4) is 0 Å². The number of carboxylic acid groups (broad SMARTS) is 1. The molecule has 1 amide bonds. The minimum atomic E-state index is -5.08. The van der Waals surface area contributed by atoms with E-state index < -0.39 is 12.1 Å². The zero-order valence-corrected chi connectivity index (χ0v) is 18.5. The molecule has 0 radical (unpaired) electrons. The Bertz CT molecular complexity index is 1090. The number of aliphatic carboxylic acids is 1. The fraction of sp³-hybridized carbons (Fsp3) is 0.429. The number of carbonyl (C=O) groups is 2. The van der Waals surface area contributed by atoms with Gasteiger partial charge in [-0.25, -0.2) is 4.79 Å². The first-order valence-electron chi connectivity index (χ1n) is 10.3. The standard InChI is InChI=1S/C19H23N5O3.C2HF3O2/c1-13-17(14(2)27-22-13)12-23-10-15(24-16(11-23)6-8-21-24)5-7-20-19(25)18-4-3-9-26-18;3-2(4,5)1(6)7/h3-4,6,8-9,15H,5,7,10-12H2,1-2H3,(H,20,25);(H,6,7). The molecule has 0 saturated heterocycles. The minimum absolute atomic E-state index is 0.191. The number of carboxylic acids is 1. The van der Waals surface area contributed by atoms with Crippen molar-refractivity contribution in [2.24, 2.45) is 0 Å². The summed E-state index contributed by atoms with van der Waals surface area (Å²) in [4.78, 5) is 23.3. The summed E-state index contributed by atoms with van der Waals surface area (Å²) in [5.41, 5.74) is 3.26. The van der Waals surface area contributed by atoms with E-state index in [0.717, 1.165) is 43.1 Å². The molecule has 0 saturated carbocycles. The molecule has 1 aliphatic heterocycles. The van der Waals surface area contributed by atoms with Crippen LogP contribution in [-0.4, -0.2) is 56.1 Å². The lowest BCUT2D eigenvalue weighted by Crippen LogP contribution is -2.39. The van der Waals surface area contributed by atoms with Gasteiger partial charge >= 0.3 is 12.1 Å². The number of halogens is 3. The molecule has 1 atom stereocenters. The van der Waals surface area contributed by atoms with Crippen LogP contribution in [-0.2, 0) is 17.9 Å². The third-order valence-electron chi connectivity index (χ3n) is 5.27. The van der Waals surface area contributed by atoms with Gasteiger partial charge in [-0.15, -0.1) is 0 Å². The molecule has 184 valence electrons. The summed E-state index contributed by atoms with van der Waals surface area (Å²) < 4.78 is 44.2. The van der Waals surface area contributed by atoms with E-state index in [2.05, 4.69) is 25.2 Å². The number of rotatable bonds is 6. The first kappa shape index (κ1) is 25.0. The highest BCUT2D eigenvalue weighted by Gasteiger charge is 2.38. The zero-order chi connectivity index (χ0) is 24.9. The Morgan fingerprint density at radius 3 is 2.62 bits per heavy atom. The van der Waals surface area contributed by atoms with Crippen LogP contribution >= 0.6 is 0 Å². The predicted octanol–water partition coefficient (Wildman–Crippen LogP) is 3.09. The summed E-state index contributed by atoms with van der Waals surface area (Å²) in [7, 11) is 0. The Balaban J connectivity index is 0.000000406. The first-order valence-corrected chi connectivity index (χ1v) is 10.3. The highest BCUT2D eigenvalue weighted by atomic mass is 19.4. The number of alkyl halides is 3. The predicted molar refractivity (Wildman–Crippen MR) is 111 cm³/mol. The van der Waals surface area contributed by atoms with Crippen LogP contribution in [0.3, 0.4) is 0 Å². The topological polar surface area (TPSA) is 127 Å². The van der Waals surface area contributed by atoms with E-state index in [4.69, 9.17) is 18.8 Å². The maximum absolute atomic E-state index is 12.0. The number of nitrogens with zero attached hydrogens (tertiary/aromatic N) is 4. The molecule has 0 spiro atoms. The van der Waals surface area contributed by atoms with Crippen molar-refractivity contribution < 1.29 is 36.8 Å². The average Bonchev–Trinajstić information content (AvgIpc) is 3.52. The molecule has 2 N–H and O–H groups in total. The van der Waals surface area contributed by atoms with E-state index >= 15 is 0 Å². The normalized spacial score (nSPS) is 15.9. The molecule has 0 aliphatic carbocycles. The Hall–Kier alpha value is -3.61. The van der Waals surface area contributed by atoms with Crippen LogP contribution < -0.4 is 5.32 Å². The van der Waals surface area contributed by atoms with Gasteiger partial charge in [0.1, 0.15) is 5.76 Å². The van der Waals surface area contributed by atoms with Crippen LogP contribution in [0.2, 0.25) is 0 Å². The smallest absolute Gasteiger partial charge is 0.475 e.